The number of methoxy groups -OCH3 is 1. The molecule has 0 atom stereocenters. The fourth-order valence-corrected chi connectivity index (χ4v) is 1.50. The average Bonchev–Trinajstić information content (AvgIpc) is 2.21. The molecule has 1 heterocycles. The summed E-state index contributed by atoms with van der Waals surface area (Å²) < 4.78 is 4.48. The van der Waals surface area contributed by atoms with Gasteiger partial charge in [0.1, 0.15) is 0 Å². The standard InChI is InChI=1S/C10H18N2O2/c1-12-7-4-9(5-8-12)11-6-3-10(13)14-2/h3,6,9,11H,4-5,7-8H2,1-2H3/b6-3+. The molecule has 14 heavy (non-hydrogen) atoms. The lowest BCUT2D eigenvalue weighted by Crippen LogP contribution is -2.38. The summed E-state index contributed by atoms with van der Waals surface area (Å²) in [7, 11) is 3.50. The molecule has 0 aliphatic carbocycles. The van der Waals surface area contributed by atoms with Crippen LogP contribution in [0, 0.1) is 0 Å². The fraction of sp³-hybridized carbons (Fsp3) is 0.700. The minimum absolute atomic E-state index is 0.314. The van der Waals surface area contributed by atoms with E-state index in [0.717, 1.165) is 25.9 Å². The molecule has 1 fully saturated rings. The lowest BCUT2D eigenvalue weighted by molar-refractivity contribution is -0.134. The Balaban J connectivity index is 2.19. The van der Waals surface area contributed by atoms with Crippen molar-refractivity contribution >= 4 is 5.97 Å². The maximum atomic E-state index is 10.7. The SMILES string of the molecule is COC(=O)/C=C/NC1CCN(C)CC1. The van der Waals surface area contributed by atoms with Crippen LogP contribution in [0.5, 0.6) is 0 Å². The van der Waals surface area contributed by atoms with Gasteiger partial charge in [0.25, 0.3) is 0 Å². The minimum Gasteiger partial charge on any atom is -0.466 e. The molecule has 0 spiro atoms. The predicted molar refractivity (Wildman–Crippen MR) is 54.8 cm³/mol. The van der Waals surface area contributed by atoms with Crippen molar-refractivity contribution < 1.29 is 9.53 Å². The molecule has 0 aromatic carbocycles. The van der Waals surface area contributed by atoms with Crippen LogP contribution in [0.25, 0.3) is 0 Å². The highest BCUT2D eigenvalue weighted by Crippen LogP contribution is 2.07. The molecule has 0 aromatic rings. The molecular weight excluding hydrogens is 180 g/mol. The molecule has 0 radical (unpaired) electrons. The summed E-state index contributed by atoms with van der Waals surface area (Å²) in [4.78, 5) is 13.1. The Morgan fingerprint density at radius 2 is 2.14 bits per heavy atom. The van der Waals surface area contributed by atoms with E-state index in [2.05, 4.69) is 22.0 Å². The Labute approximate surface area is 84.9 Å². The van der Waals surface area contributed by atoms with Crippen LogP contribution >= 0.6 is 0 Å². The Hall–Kier alpha value is -1.03. The zero-order valence-corrected chi connectivity index (χ0v) is 8.82. The van der Waals surface area contributed by atoms with Crippen LogP contribution in [-0.4, -0.2) is 44.2 Å². The van der Waals surface area contributed by atoms with Crippen molar-refractivity contribution in [2.24, 2.45) is 0 Å². The summed E-state index contributed by atoms with van der Waals surface area (Å²) >= 11 is 0. The number of carbonyl (C=O) groups excluding carboxylic acids is 1. The van der Waals surface area contributed by atoms with Gasteiger partial charge in [-0.25, -0.2) is 4.79 Å². The number of hydrogen-bond donors (Lipinski definition) is 1. The first-order valence-electron chi connectivity index (χ1n) is 4.91. The van der Waals surface area contributed by atoms with Crippen molar-refractivity contribution in [2.45, 2.75) is 18.9 Å². The maximum absolute atomic E-state index is 10.7. The van der Waals surface area contributed by atoms with E-state index in [9.17, 15) is 4.79 Å². The second-order valence-electron chi connectivity index (χ2n) is 3.60. The van der Waals surface area contributed by atoms with E-state index in [0.29, 0.717) is 6.04 Å². The van der Waals surface area contributed by atoms with Gasteiger partial charge in [-0.2, -0.15) is 0 Å². The van der Waals surface area contributed by atoms with E-state index in [1.807, 2.05) is 0 Å². The minimum atomic E-state index is -0.314. The third-order valence-electron chi connectivity index (χ3n) is 2.47. The monoisotopic (exact) mass is 198 g/mol. The first-order valence-corrected chi connectivity index (χ1v) is 4.91. The highest BCUT2D eigenvalue weighted by atomic mass is 16.5. The molecule has 1 N–H and O–H groups in total. The number of ether oxygens (including phenoxy) is 1. The summed E-state index contributed by atoms with van der Waals surface area (Å²) in [5.74, 6) is -0.314. The van der Waals surface area contributed by atoms with Crippen LogP contribution in [0.15, 0.2) is 12.3 Å². The summed E-state index contributed by atoms with van der Waals surface area (Å²) in [6, 6.07) is 0.493. The van der Waals surface area contributed by atoms with Crippen molar-refractivity contribution in [3.63, 3.8) is 0 Å². The first kappa shape index (κ1) is 11.0. The molecule has 1 rings (SSSR count). The number of rotatable bonds is 3. The van der Waals surface area contributed by atoms with Gasteiger partial charge in [-0.05, 0) is 33.0 Å². The maximum Gasteiger partial charge on any atom is 0.331 e. The molecule has 4 heteroatoms. The summed E-state index contributed by atoms with van der Waals surface area (Å²) in [6.07, 6.45) is 5.35. The van der Waals surface area contributed by atoms with E-state index in [-0.39, 0.29) is 5.97 Å². The number of nitrogens with one attached hydrogen (secondary N) is 1. The third-order valence-corrected chi connectivity index (χ3v) is 2.47. The van der Waals surface area contributed by atoms with Gasteiger partial charge in [0.15, 0.2) is 0 Å². The second kappa shape index (κ2) is 5.65. The van der Waals surface area contributed by atoms with Crippen molar-refractivity contribution in [1.82, 2.24) is 10.2 Å². The van der Waals surface area contributed by atoms with Gasteiger partial charge in [-0.1, -0.05) is 0 Å². The van der Waals surface area contributed by atoms with Gasteiger partial charge < -0.3 is 15.0 Å². The Kier molecular flexibility index (Phi) is 4.46. The van der Waals surface area contributed by atoms with Crippen molar-refractivity contribution in [2.75, 3.05) is 27.2 Å². The average molecular weight is 198 g/mol. The first-order chi connectivity index (χ1) is 6.72. The molecule has 1 aliphatic heterocycles. The van der Waals surface area contributed by atoms with Crippen LogP contribution < -0.4 is 5.32 Å². The van der Waals surface area contributed by atoms with Crippen molar-refractivity contribution in [1.29, 1.82) is 0 Å². The quantitative estimate of drug-likeness (QED) is 0.525. The van der Waals surface area contributed by atoms with Gasteiger partial charge in [-0.15, -0.1) is 0 Å². The smallest absolute Gasteiger partial charge is 0.331 e. The van der Waals surface area contributed by atoms with E-state index >= 15 is 0 Å². The largest absolute Gasteiger partial charge is 0.466 e. The normalized spacial score (nSPS) is 19.9. The molecule has 4 nitrogen and oxygen atoms in total. The van der Waals surface area contributed by atoms with Crippen molar-refractivity contribution in [3.8, 4) is 0 Å². The van der Waals surface area contributed by atoms with Crippen LogP contribution in [0.2, 0.25) is 0 Å². The number of esters is 1. The van der Waals surface area contributed by atoms with Crippen LogP contribution in [0.4, 0.5) is 0 Å². The third kappa shape index (κ3) is 3.79. The topological polar surface area (TPSA) is 41.6 Å². The van der Waals surface area contributed by atoms with Gasteiger partial charge >= 0.3 is 5.97 Å². The lowest BCUT2D eigenvalue weighted by atomic mass is 10.1. The zero-order valence-electron chi connectivity index (χ0n) is 8.82. The molecule has 0 aromatic heterocycles. The van der Waals surface area contributed by atoms with Gasteiger partial charge in [-0.3, -0.25) is 0 Å². The summed E-state index contributed by atoms with van der Waals surface area (Å²) in [5.41, 5.74) is 0. The second-order valence-corrected chi connectivity index (χ2v) is 3.60. The number of carbonyl (C=O) groups is 1. The molecule has 80 valence electrons. The summed E-state index contributed by atoms with van der Waals surface area (Å²) in [6.45, 7) is 2.23. The molecule has 0 saturated carbocycles. The van der Waals surface area contributed by atoms with E-state index < -0.39 is 0 Å². The molecule has 0 bridgehead atoms. The number of likely N-dealkylation sites (tertiary alicyclic amines) is 1. The molecular formula is C10H18N2O2. The van der Waals surface area contributed by atoms with Crippen molar-refractivity contribution in [3.05, 3.63) is 12.3 Å². The number of nitrogens with zero attached hydrogens (tertiary/aromatic N) is 1. The lowest BCUT2D eigenvalue weighted by Gasteiger charge is -2.28. The van der Waals surface area contributed by atoms with Gasteiger partial charge in [0.05, 0.1) is 7.11 Å². The summed E-state index contributed by atoms with van der Waals surface area (Å²) in [5, 5.41) is 3.20. The Bertz CT molecular complexity index is 208. The number of hydrogen-bond acceptors (Lipinski definition) is 4. The molecule has 0 amide bonds. The van der Waals surface area contributed by atoms with E-state index in [1.54, 1.807) is 6.20 Å². The Morgan fingerprint density at radius 1 is 1.50 bits per heavy atom. The number of piperidine rings is 1. The molecule has 1 saturated heterocycles. The molecule has 1 aliphatic rings. The fourth-order valence-electron chi connectivity index (χ4n) is 1.50. The molecule has 0 unspecified atom stereocenters. The Morgan fingerprint density at radius 3 is 2.71 bits per heavy atom. The van der Waals surface area contributed by atoms with Gasteiger partial charge in [0, 0.05) is 18.3 Å². The zero-order chi connectivity index (χ0) is 10.4. The van der Waals surface area contributed by atoms with E-state index in [1.165, 1.54) is 13.2 Å². The van der Waals surface area contributed by atoms with Crippen LogP contribution in [-0.2, 0) is 9.53 Å². The van der Waals surface area contributed by atoms with Gasteiger partial charge in [0.2, 0.25) is 0 Å². The van der Waals surface area contributed by atoms with E-state index in [4.69, 9.17) is 0 Å². The highest BCUT2D eigenvalue weighted by Gasteiger charge is 2.14. The van der Waals surface area contributed by atoms with Crippen LogP contribution in [0.1, 0.15) is 12.8 Å². The highest BCUT2D eigenvalue weighted by molar-refractivity contribution is 5.81. The van der Waals surface area contributed by atoms with Crippen LogP contribution in [0.3, 0.4) is 0 Å². The predicted octanol–water partition coefficient (Wildman–Crippen LogP) is 0.357.